The molecule has 6 nitrogen and oxygen atoms in total. The van der Waals surface area contributed by atoms with Crippen LogP contribution in [-0.2, 0) is 4.74 Å². The molecule has 0 bridgehead atoms. The Balaban J connectivity index is 2.16. The maximum Gasteiger partial charge on any atom is 0.490 e. The van der Waals surface area contributed by atoms with Crippen molar-refractivity contribution in [3.8, 4) is 0 Å². The van der Waals surface area contributed by atoms with Crippen molar-refractivity contribution in [2.75, 3.05) is 6.61 Å². The van der Waals surface area contributed by atoms with Crippen LogP contribution in [0, 0.1) is 0 Å². The molecule has 0 radical (unpaired) electrons. The molecule has 0 aliphatic carbocycles. The van der Waals surface area contributed by atoms with Crippen molar-refractivity contribution >= 4 is 35.2 Å². The topological polar surface area (TPSA) is 80.4 Å². The molecule has 0 spiro atoms. The molecule has 1 unspecified atom stereocenters. The Morgan fingerprint density at radius 1 is 1.37 bits per heavy atom. The van der Waals surface area contributed by atoms with Crippen molar-refractivity contribution in [2.45, 2.75) is 25.5 Å². The van der Waals surface area contributed by atoms with Gasteiger partial charge in [0.2, 0.25) is 0 Å². The zero-order valence-corrected chi connectivity index (χ0v) is 10.9. The summed E-state index contributed by atoms with van der Waals surface area (Å²) in [7, 11) is -1.60. The lowest BCUT2D eigenvalue weighted by Crippen LogP contribution is -2.33. The Hall–Kier alpha value is -1.15. The molecule has 1 aliphatic rings. The average molecular weight is 282 g/mol. The first-order chi connectivity index (χ1) is 9.18. The number of nitrogens with zero attached hydrogens (tertiary/aromatic N) is 3. The highest BCUT2D eigenvalue weighted by molar-refractivity contribution is 6.62. The first-order valence-electron chi connectivity index (χ1n) is 6.19. The highest BCUT2D eigenvalue weighted by Gasteiger charge is 2.25. The predicted molar refractivity (Wildman–Crippen MR) is 71.2 cm³/mol. The molecule has 3 rings (SSSR count). The Morgan fingerprint density at radius 3 is 2.89 bits per heavy atom. The lowest BCUT2D eigenvalue weighted by Gasteiger charge is -2.23. The molecule has 2 aromatic rings. The Kier molecular flexibility index (Phi) is 3.45. The quantitative estimate of drug-likeness (QED) is 0.782. The van der Waals surface area contributed by atoms with Crippen LogP contribution in [0.15, 0.2) is 12.1 Å². The molecule has 1 aromatic heterocycles. The fourth-order valence-corrected chi connectivity index (χ4v) is 2.56. The van der Waals surface area contributed by atoms with E-state index in [9.17, 15) is 10.0 Å². The van der Waals surface area contributed by atoms with Crippen LogP contribution in [0.3, 0.4) is 0 Å². The van der Waals surface area contributed by atoms with Gasteiger partial charge in [0.15, 0.2) is 6.23 Å². The number of aromatic nitrogens is 3. The smallest absolute Gasteiger partial charge is 0.423 e. The predicted octanol–water partition coefficient (Wildman–Crippen LogP) is 0.464. The molecule has 2 N–H and O–H groups in total. The summed E-state index contributed by atoms with van der Waals surface area (Å²) in [6.45, 7) is 0.670. The summed E-state index contributed by atoms with van der Waals surface area (Å²) in [4.78, 5) is 0. The van der Waals surface area contributed by atoms with Crippen molar-refractivity contribution in [1.82, 2.24) is 15.0 Å². The molecule has 19 heavy (non-hydrogen) atoms. The van der Waals surface area contributed by atoms with Crippen LogP contribution in [-0.4, -0.2) is 38.8 Å². The summed E-state index contributed by atoms with van der Waals surface area (Å²) in [5.74, 6) is 0. The summed E-state index contributed by atoms with van der Waals surface area (Å²) in [5.41, 5.74) is 1.31. The fourth-order valence-electron chi connectivity index (χ4n) is 2.37. The van der Waals surface area contributed by atoms with Gasteiger partial charge in [-0.05, 0) is 25.3 Å². The Labute approximate surface area is 115 Å². The van der Waals surface area contributed by atoms with E-state index < -0.39 is 7.12 Å². The van der Waals surface area contributed by atoms with Crippen LogP contribution in [0.1, 0.15) is 25.5 Å². The van der Waals surface area contributed by atoms with Gasteiger partial charge in [-0.2, -0.15) is 0 Å². The fraction of sp³-hybridized carbons (Fsp3) is 0.455. The highest BCUT2D eigenvalue weighted by Crippen LogP contribution is 2.27. The third-order valence-electron chi connectivity index (χ3n) is 3.31. The monoisotopic (exact) mass is 281 g/mol. The van der Waals surface area contributed by atoms with Crippen molar-refractivity contribution in [3.05, 3.63) is 17.2 Å². The molecule has 0 amide bonds. The molecule has 1 aromatic carbocycles. The van der Waals surface area contributed by atoms with Crippen molar-refractivity contribution < 1.29 is 14.8 Å². The summed E-state index contributed by atoms with van der Waals surface area (Å²) in [6.07, 6.45) is 2.67. The van der Waals surface area contributed by atoms with Crippen LogP contribution in [0.2, 0.25) is 5.02 Å². The second-order valence-corrected chi connectivity index (χ2v) is 4.97. The molecule has 1 atom stereocenters. The van der Waals surface area contributed by atoms with E-state index in [2.05, 4.69) is 10.3 Å². The van der Waals surface area contributed by atoms with Gasteiger partial charge in [0, 0.05) is 12.1 Å². The average Bonchev–Trinajstić information content (AvgIpc) is 2.85. The summed E-state index contributed by atoms with van der Waals surface area (Å²) in [5, 5.41) is 27.4. The van der Waals surface area contributed by atoms with Gasteiger partial charge >= 0.3 is 7.12 Å². The van der Waals surface area contributed by atoms with Crippen molar-refractivity contribution in [3.63, 3.8) is 0 Å². The minimum absolute atomic E-state index is 0.227. The van der Waals surface area contributed by atoms with Crippen LogP contribution < -0.4 is 5.46 Å². The number of fused-ring (bicyclic) bond motifs is 1. The minimum Gasteiger partial charge on any atom is -0.423 e. The highest BCUT2D eigenvalue weighted by atomic mass is 35.5. The third-order valence-corrected chi connectivity index (χ3v) is 3.61. The van der Waals surface area contributed by atoms with E-state index in [-0.39, 0.29) is 6.23 Å². The standard InChI is InChI=1S/C11H13BClN3O3/c13-8-5-4-7(12(17)18)11-10(8)14-15-16(11)9-3-1-2-6-19-9/h4-5,9,17-18H,1-3,6H2. The third kappa shape index (κ3) is 2.23. The molecule has 1 saturated heterocycles. The summed E-state index contributed by atoms with van der Waals surface area (Å²) < 4.78 is 7.25. The first kappa shape index (κ1) is 12.9. The van der Waals surface area contributed by atoms with Crippen LogP contribution in [0.5, 0.6) is 0 Å². The van der Waals surface area contributed by atoms with E-state index in [0.717, 1.165) is 19.3 Å². The molecular weight excluding hydrogens is 268 g/mol. The maximum absolute atomic E-state index is 9.46. The normalized spacial score (nSPS) is 19.8. The molecule has 100 valence electrons. The maximum atomic E-state index is 9.46. The van der Waals surface area contributed by atoms with E-state index in [1.54, 1.807) is 16.8 Å². The molecular formula is C11H13BClN3O3. The molecule has 1 fully saturated rings. The van der Waals surface area contributed by atoms with Crippen LogP contribution in [0.4, 0.5) is 0 Å². The summed E-state index contributed by atoms with van der Waals surface area (Å²) >= 11 is 6.07. The van der Waals surface area contributed by atoms with Crippen LogP contribution >= 0.6 is 11.6 Å². The van der Waals surface area contributed by atoms with E-state index >= 15 is 0 Å². The van der Waals surface area contributed by atoms with E-state index in [1.807, 2.05) is 0 Å². The number of hydrogen-bond acceptors (Lipinski definition) is 5. The lowest BCUT2D eigenvalue weighted by molar-refractivity contribution is -0.0376. The van der Waals surface area contributed by atoms with Gasteiger partial charge in [0.1, 0.15) is 5.52 Å². The van der Waals surface area contributed by atoms with Gasteiger partial charge in [0.05, 0.1) is 10.5 Å². The second kappa shape index (κ2) is 5.09. The molecule has 1 aliphatic heterocycles. The first-order valence-corrected chi connectivity index (χ1v) is 6.57. The minimum atomic E-state index is -1.60. The zero-order valence-electron chi connectivity index (χ0n) is 10.2. The van der Waals surface area contributed by atoms with Gasteiger partial charge in [-0.15, -0.1) is 5.10 Å². The Bertz CT molecular complexity index is 598. The van der Waals surface area contributed by atoms with E-state index in [1.165, 1.54) is 0 Å². The lowest BCUT2D eigenvalue weighted by atomic mass is 9.79. The van der Waals surface area contributed by atoms with Gasteiger partial charge in [0.25, 0.3) is 0 Å². The Morgan fingerprint density at radius 2 is 2.21 bits per heavy atom. The largest absolute Gasteiger partial charge is 0.490 e. The number of ether oxygens (including phenoxy) is 1. The van der Waals surface area contributed by atoms with Crippen molar-refractivity contribution in [2.24, 2.45) is 0 Å². The second-order valence-electron chi connectivity index (χ2n) is 4.56. The van der Waals surface area contributed by atoms with Gasteiger partial charge < -0.3 is 14.8 Å². The number of rotatable bonds is 2. The van der Waals surface area contributed by atoms with E-state index in [4.69, 9.17) is 16.3 Å². The molecule has 2 heterocycles. The number of benzene rings is 1. The number of halogens is 1. The zero-order chi connectivity index (χ0) is 13.4. The van der Waals surface area contributed by atoms with Gasteiger partial charge in [-0.1, -0.05) is 22.9 Å². The van der Waals surface area contributed by atoms with Crippen molar-refractivity contribution in [1.29, 1.82) is 0 Å². The molecule has 8 heteroatoms. The van der Waals surface area contributed by atoms with Gasteiger partial charge in [-0.3, -0.25) is 0 Å². The van der Waals surface area contributed by atoms with Gasteiger partial charge in [-0.25, -0.2) is 4.68 Å². The number of hydrogen-bond donors (Lipinski definition) is 2. The van der Waals surface area contributed by atoms with Crippen LogP contribution in [0.25, 0.3) is 11.0 Å². The summed E-state index contributed by atoms with van der Waals surface area (Å²) in [6, 6.07) is 3.15. The van der Waals surface area contributed by atoms with E-state index in [0.29, 0.717) is 28.1 Å². The SMILES string of the molecule is OB(O)c1ccc(Cl)c2nnn(C3CCCCO3)c12. The molecule has 0 saturated carbocycles.